The predicted molar refractivity (Wildman–Crippen MR) is 70.0 cm³/mol. The van der Waals surface area contributed by atoms with Crippen LogP contribution < -0.4 is 5.73 Å². The van der Waals surface area contributed by atoms with E-state index in [2.05, 4.69) is 0 Å². The van der Waals surface area contributed by atoms with E-state index in [-0.39, 0.29) is 5.75 Å². The Morgan fingerprint density at radius 2 is 2.22 bits per heavy atom. The molecule has 0 aromatic heterocycles. The first kappa shape index (κ1) is 13.3. The van der Waals surface area contributed by atoms with Gasteiger partial charge in [-0.05, 0) is 17.7 Å². The van der Waals surface area contributed by atoms with E-state index in [4.69, 9.17) is 22.6 Å². The van der Waals surface area contributed by atoms with Crippen molar-refractivity contribution in [1.82, 2.24) is 0 Å². The minimum absolute atomic E-state index is 0.0185. The van der Waals surface area contributed by atoms with Crippen molar-refractivity contribution in [3.8, 4) is 6.07 Å². The third-order valence-corrected chi connectivity index (χ3v) is 5.85. The number of sulfone groups is 1. The topological polar surface area (TPSA) is 83.9 Å². The number of halogens is 1. The maximum atomic E-state index is 11.9. The molecule has 2 N–H and O–H groups in total. The largest absolute Gasteiger partial charge is 0.312 e. The lowest BCUT2D eigenvalue weighted by molar-refractivity contribution is 0.593. The molecule has 18 heavy (non-hydrogen) atoms. The van der Waals surface area contributed by atoms with Gasteiger partial charge in [-0.25, -0.2) is 8.42 Å². The minimum atomic E-state index is -3.35. The number of nitriles is 1. The van der Waals surface area contributed by atoms with E-state index in [9.17, 15) is 8.42 Å². The summed E-state index contributed by atoms with van der Waals surface area (Å²) in [6.45, 7) is 1.56. The van der Waals surface area contributed by atoms with Crippen molar-refractivity contribution >= 4 is 21.4 Å². The Labute approximate surface area is 111 Å². The highest BCUT2D eigenvalue weighted by atomic mass is 35.5. The molecule has 3 atom stereocenters. The highest BCUT2D eigenvalue weighted by Crippen LogP contribution is 2.54. The van der Waals surface area contributed by atoms with Crippen LogP contribution >= 0.6 is 11.6 Å². The third-order valence-electron chi connectivity index (χ3n) is 3.37. The Balaban J connectivity index is 2.45. The molecule has 1 aliphatic carbocycles. The highest BCUT2D eigenvalue weighted by Gasteiger charge is 2.69. The number of nitrogens with zero attached hydrogens (tertiary/aromatic N) is 1. The zero-order valence-electron chi connectivity index (χ0n) is 9.80. The van der Waals surface area contributed by atoms with Gasteiger partial charge >= 0.3 is 0 Å². The van der Waals surface area contributed by atoms with Crippen molar-refractivity contribution in [3.63, 3.8) is 0 Å². The van der Waals surface area contributed by atoms with Crippen molar-refractivity contribution in [2.75, 3.05) is 5.75 Å². The SMILES string of the molecule is CCS(=O)(=O)[C@@H]1[C@H](c2cccc(Cl)c2)[C@@]1(N)C#N. The van der Waals surface area contributed by atoms with E-state index < -0.39 is 26.5 Å². The summed E-state index contributed by atoms with van der Waals surface area (Å²) in [5, 5.41) is 8.80. The molecule has 0 spiro atoms. The van der Waals surface area contributed by atoms with Gasteiger partial charge < -0.3 is 5.73 Å². The van der Waals surface area contributed by atoms with E-state index in [0.717, 1.165) is 0 Å². The molecule has 0 bridgehead atoms. The minimum Gasteiger partial charge on any atom is -0.312 e. The second-order valence-electron chi connectivity index (χ2n) is 4.45. The second kappa shape index (κ2) is 4.23. The molecular formula is C12H13ClN2O2S. The lowest BCUT2D eigenvalue weighted by Gasteiger charge is -2.00. The summed E-state index contributed by atoms with van der Waals surface area (Å²) >= 11 is 5.88. The number of nitrogens with two attached hydrogens (primary N) is 1. The van der Waals surface area contributed by atoms with Gasteiger partial charge in [0.15, 0.2) is 9.84 Å². The van der Waals surface area contributed by atoms with Gasteiger partial charge in [-0.2, -0.15) is 5.26 Å². The fourth-order valence-corrected chi connectivity index (χ4v) is 4.41. The van der Waals surface area contributed by atoms with E-state index in [1.54, 1.807) is 31.2 Å². The van der Waals surface area contributed by atoms with Gasteiger partial charge in [0.2, 0.25) is 0 Å². The van der Waals surface area contributed by atoms with Gasteiger partial charge in [-0.1, -0.05) is 30.7 Å². The molecule has 0 amide bonds. The molecular weight excluding hydrogens is 272 g/mol. The van der Waals surface area contributed by atoms with Crippen LogP contribution in [-0.4, -0.2) is 25.0 Å². The molecule has 4 nitrogen and oxygen atoms in total. The molecule has 1 aromatic carbocycles. The first-order chi connectivity index (χ1) is 8.36. The Hall–Kier alpha value is -1.09. The van der Waals surface area contributed by atoms with Gasteiger partial charge in [0.1, 0.15) is 10.8 Å². The second-order valence-corrected chi connectivity index (χ2v) is 7.30. The summed E-state index contributed by atoms with van der Waals surface area (Å²) in [6, 6.07) is 8.76. The van der Waals surface area contributed by atoms with Crippen LogP contribution in [0.15, 0.2) is 24.3 Å². The van der Waals surface area contributed by atoms with Crippen LogP contribution in [-0.2, 0) is 9.84 Å². The summed E-state index contributed by atoms with van der Waals surface area (Å²) in [7, 11) is -3.35. The fourth-order valence-electron chi connectivity index (χ4n) is 2.34. The van der Waals surface area contributed by atoms with Crippen LogP contribution in [0.2, 0.25) is 5.02 Å². The third kappa shape index (κ3) is 1.91. The van der Waals surface area contributed by atoms with E-state index in [0.29, 0.717) is 10.6 Å². The highest BCUT2D eigenvalue weighted by molar-refractivity contribution is 7.92. The average molecular weight is 285 g/mol. The van der Waals surface area contributed by atoms with E-state index in [1.807, 2.05) is 6.07 Å². The average Bonchev–Trinajstić information content (AvgIpc) is 2.98. The van der Waals surface area contributed by atoms with Crippen molar-refractivity contribution in [2.24, 2.45) is 5.73 Å². The van der Waals surface area contributed by atoms with Crippen LogP contribution in [0.25, 0.3) is 0 Å². The van der Waals surface area contributed by atoms with Crippen molar-refractivity contribution in [2.45, 2.75) is 23.6 Å². The van der Waals surface area contributed by atoms with Crippen LogP contribution in [0, 0.1) is 11.3 Å². The first-order valence-electron chi connectivity index (χ1n) is 5.54. The maximum Gasteiger partial charge on any atom is 0.156 e. The lowest BCUT2D eigenvalue weighted by atomic mass is 10.1. The smallest absolute Gasteiger partial charge is 0.156 e. The van der Waals surface area contributed by atoms with Gasteiger partial charge in [0.05, 0.1) is 6.07 Å². The summed E-state index contributed by atoms with van der Waals surface area (Å²) in [4.78, 5) is 0. The molecule has 1 fully saturated rings. The van der Waals surface area contributed by atoms with Gasteiger partial charge in [-0.15, -0.1) is 0 Å². The van der Waals surface area contributed by atoms with Gasteiger partial charge in [0, 0.05) is 16.7 Å². The monoisotopic (exact) mass is 284 g/mol. The zero-order chi connectivity index (χ0) is 13.6. The molecule has 1 aliphatic rings. The summed E-state index contributed by atoms with van der Waals surface area (Å²) in [5.74, 6) is -0.513. The molecule has 96 valence electrons. The number of rotatable bonds is 3. The normalized spacial score (nSPS) is 30.8. The van der Waals surface area contributed by atoms with E-state index >= 15 is 0 Å². The Morgan fingerprint density at radius 1 is 1.56 bits per heavy atom. The molecule has 2 rings (SSSR count). The number of hydrogen-bond donors (Lipinski definition) is 1. The summed E-state index contributed by atoms with van der Waals surface area (Å²) in [5.41, 5.74) is 5.26. The quantitative estimate of drug-likeness (QED) is 0.911. The molecule has 1 saturated carbocycles. The number of benzene rings is 1. The molecule has 0 aliphatic heterocycles. The number of hydrogen-bond acceptors (Lipinski definition) is 4. The Kier molecular flexibility index (Phi) is 3.14. The van der Waals surface area contributed by atoms with E-state index in [1.165, 1.54) is 0 Å². The van der Waals surface area contributed by atoms with Crippen LogP contribution in [0.3, 0.4) is 0 Å². The molecule has 0 radical (unpaired) electrons. The van der Waals surface area contributed by atoms with Gasteiger partial charge in [0.25, 0.3) is 0 Å². The van der Waals surface area contributed by atoms with Crippen LogP contribution in [0.5, 0.6) is 0 Å². The maximum absolute atomic E-state index is 11.9. The zero-order valence-corrected chi connectivity index (χ0v) is 11.4. The Morgan fingerprint density at radius 3 is 2.72 bits per heavy atom. The molecule has 0 saturated heterocycles. The van der Waals surface area contributed by atoms with Crippen molar-refractivity contribution < 1.29 is 8.42 Å². The van der Waals surface area contributed by atoms with Crippen LogP contribution in [0.1, 0.15) is 18.4 Å². The molecule has 6 heteroatoms. The summed E-state index contributed by atoms with van der Waals surface area (Å²) in [6.07, 6.45) is 0. The van der Waals surface area contributed by atoms with Gasteiger partial charge in [-0.3, -0.25) is 0 Å². The van der Waals surface area contributed by atoms with Crippen LogP contribution in [0.4, 0.5) is 0 Å². The summed E-state index contributed by atoms with van der Waals surface area (Å²) < 4.78 is 23.9. The van der Waals surface area contributed by atoms with Crippen molar-refractivity contribution in [1.29, 1.82) is 5.26 Å². The fraction of sp³-hybridized carbons (Fsp3) is 0.417. The first-order valence-corrected chi connectivity index (χ1v) is 7.63. The predicted octanol–water partition coefficient (Wildman–Crippen LogP) is 1.46. The lowest BCUT2D eigenvalue weighted by Crippen LogP contribution is -2.29. The molecule has 0 heterocycles. The standard InChI is InChI=1S/C12H13ClN2O2S/c1-2-18(16,17)11-10(12(11,15)7-14)8-4-3-5-9(13)6-8/h3-6,10-11H,2,15H2,1H3/t10-,11+,12-/m0/s1. The Bertz CT molecular complexity index is 623. The molecule has 1 aromatic rings. The van der Waals surface area contributed by atoms with Crippen molar-refractivity contribution in [3.05, 3.63) is 34.9 Å². The molecule has 0 unspecified atom stereocenters.